The Hall–Kier alpha value is -1.51. The van der Waals surface area contributed by atoms with Gasteiger partial charge in [0.1, 0.15) is 5.75 Å². The highest BCUT2D eigenvalue weighted by Crippen LogP contribution is 2.29. The Morgan fingerprint density at radius 3 is 2.62 bits per heavy atom. The van der Waals surface area contributed by atoms with E-state index in [1.54, 1.807) is 7.11 Å². The lowest BCUT2D eigenvalue weighted by Crippen LogP contribution is -2.30. The molecule has 1 heterocycles. The van der Waals surface area contributed by atoms with Gasteiger partial charge in [-0.05, 0) is 31.4 Å². The number of rotatable bonds is 3. The number of anilines is 1. The average Bonchev–Trinajstić information content (AvgIpc) is 2.38. The highest BCUT2D eigenvalue weighted by atomic mass is 16.5. The number of hydrogen-bond acceptors (Lipinski definition) is 3. The second-order valence-corrected chi connectivity index (χ2v) is 4.06. The third-order valence-corrected chi connectivity index (χ3v) is 3.08. The molecule has 1 aliphatic rings. The van der Waals surface area contributed by atoms with E-state index in [0.29, 0.717) is 11.3 Å². The summed E-state index contributed by atoms with van der Waals surface area (Å²) in [6.45, 7) is 2.07. The molecule has 0 atom stereocenters. The zero-order valence-electron chi connectivity index (χ0n) is 9.61. The van der Waals surface area contributed by atoms with E-state index in [9.17, 15) is 4.79 Å². The topological polar surface area (TPSA) is 29.5 Å². The van der Waals surface area contributed by atoms with Crippen molar-refractivity contribution in [1.82, 2.24) is 0 Å². The van der Waals surface area contributed by atoms with E-state index in [2.05, 4.69) is 4.90 Å². The summed E-state index contributed by atoms with van der Waals surface area (Å²) in [5.41, 5.74) is 1.68. The molecule has 1 aliphatic heterocycles. The first kappa shape index (κ1) is 11.0. The first-order valence-electron chi connectivity index (χ1n) is 5.74. The molecule has 3 nitrogen and oxygen atoms in total. The summed E-state index contributed by atoms with van der Waals surface area (Å²) in [5.74, 6) is 0.665. The predicted octanol–water partition coefficient (Wildman–Crippen LogP) is 2.50. The van der Waals surface area contributed by atoms with Gasteiger partial charge in [-0.1, -0.05) is 6.07 Å². The molecule has 3 heteroatoms. The minimum atomic E-state index is 0.665. The molecule has 0 saturated carbocycles. The SMILES string of the molecule is COc1cccc(N2CCCCC2)c1C=O. The molecular formula is C13H17NO2. The summed E-state index contributed by atoms with van der Waals surface area (Å²) in [6, 6.07) is 5.77. The van der Waals surface area contributed by atoms with E-state index in [-0.39, 0.29) is 0 Å². The van der Waals surface area contributed by atoms with Gasteiger partial charge in [-0.2, -0.15) is 0 Å². The summed E-state index contributed by atoms with van der Waals surface area (Å²) in [6.07, 6.45) is 4.59. The summed E-state index contributed by atoms with van der Waals surface area (Å²) < 4.78 is 5.21. The normalized spacial score (nSPS) is 15.9. The maximum absolute atomic E-state index is 11.1. The van der Waals surface area contributed by atoms with E-state index in [4.69, 9.17) is 4.74 Å². The first-order valence-corrected chi connectivity index (χ1v) is 5.74. The standard InChI is InChI=1S/C13H17NO2/c1-16-13-7-5-6-12(11(13)10-15)14-8-3-2-4-9-14/h5-7,10H,2-4,8-9H2,1H3. The second kappa shape index (κ2) is 5.01. The van der Waals surface area contributed by atoms with Gasteiger partial charge in [0.25, 0.3) is 0 Å². The van der Waals surface area contributed by atoms with Crippen molar-refractivity contribution in [1.29, 1.82) is 0 Å². The fourth-order valence-corrected chi connectivity index (χ4v) is 2.24. The van der Waals surface area contributed by atoms with Crippen molar-refractivity contribution < 1.29 is 9.53 Å². The van der Waals surface area contributed by atoms with Gasteiger partial charge < -0.3 is 9.64 Å². The van der Waals surface area contributed by atoms with Crippen LogP contribution in [0.5, 0.6) is 5.75 Å². The molecule has 0 bridgehead atoms. The van der Waals surface area contributed by atoms with Gasteiger partial charge in [0.15, 0.2) is 6.29 Å². The van der Waals surface area contributed by atoms with E-state index in [1.807, 2.05) is 18.2 Å². The number of carbonyl (C=O) groups is 1. The van der Waals surface area contributed by atoms with Crippen LogP contribution < -0.4 is 9.64 Å². The molecule has 16 heavy (non-hydrogen) atoms. The number of aldehydes is 1. The van der Waals surface area contributed by atoms with Crippen LogP contribution in [-0.4, -0.2) is 26.5 Å². The molecule has 1 saturated heterocycles. The van der Waals surface area contributed by atoms with E-state index in [1.165, 1.54) is 19.3 Å². The Balaban J connectivity index is 2.34. The lowest BCUT2D eigenvalue weighted by Gasteiger charge is -2.30. The molecular weight excluding hydrogens is 202 g/mol. The minimum Gasteiger partial charge on any atom is -0.496 e. The van der Waals surface area contributed by atoms with Crippen LogP contribution in [0.4, 0.5) is 5.69 Å². The van der Waals surface area contributed by atoms with Gasteiger partial charge in [0.05, 0.1) is 18.4 Å². The lowest BCUT2D eigenvalue weighted by molar-refractivity contribution is 0.112. The van der Waals surface area contributed by atoms with Crippen LogP contribution in [0.2, 0.25) is 0 Å². The maximum Gasteiger partial charge on any atom is 0.155 e. The fraction of sp³-hybridized carbons (Fsp3) is 0.462. The van der Waals surface area contributed by atoms with Gasteiger partial charge in [-0.3, -0.25) is 4.79 Å². The van der Waals surface area contributed by atoms with Crippen LogP contribution in [0, 0.1) is 0 Å². The van der Waals surface area contributed by atoms with Crippen LogP contribution in [0.15, 0.2) is 18.2 Å². The van der Waals surface area contributed by atoms with Crippen molar-refractivity contribution in [3.05, 3.63) is 23.8 Å². The number of nitrogens with zero attached hydrogens (tertiary/aromatic N) is 1. The zero-order valence-corrected chi connectivity index (χ0v) is 9.61. The van der Waals surface area contributed by atoms with E-state index >= 15 is 0 Å². The Morgan fingerprint density at radius 2 is 2.00 bits per heavy atom. The third-order valence-electron chi connectivity index (χ3n) is 3.08. The molecule has 86 valence electrons. The lowest BCUT2D eigenvalue weighted by atomic mass is 10.1. The summed E-state index contributed by atoms with van der Waals surface area (Å²) in [5, 5.41) is 0. The average molecular weight is 219 g/mol. The van der Waals surface area contributed by atoms with Gasteiger partial charge in [0, 0.05) is 13.1 Å². The van der Waals surface area contributed by atoms with Gasteiger partial charge in [-0.15, -0.1) is 0 Å². The number of carbonyl (C=O) groups excluding carboxylic acids is 1. The molecule has 0 N–H and O–H groups in total. The van der Waals surface area contributed by atoms with Crippen molar-refractivity contribution in [2.75, 3.05) is 25.1 Å². The zero-order chi connectivity index (χ0) is 11.4. The molecule has 1 aromatic rings. The van der Waals surface area contributed by atoms with Crippen LogP contribution >= 0.6 is 0 Å². The largest absolute Gasteiger partial charge is 0.496 e. The first-order chi connectivity index (χ1) is 7.86. The molecule has 0 unspecified atom stereocenters. The maximum atomic E-state index is 11.1. The van der Waals surface area contributed by atoms with Crippen molar-refractivity contribution in [3.8, 4) is 5.75 Å². The quantitative estimate of drug-likeness (QED) is 0.731. The summed E-state index contributed by atoms with van der Waals surface area (Å²) in [4.78, 5) is 13.4. The highest BCUT2D eigenvalue weighted by Gasteiger charge is 2.16. The molecule has 2 rings (SSSR count). The number of benzene rings is 1. The Morgan fingerprint density at radius 1 is 1.25 bits per heavy atom. The highest BCUT2D eigenvalue weighted by molar-refractivity contribution is 5.88. The van der Waals surface area contributed by atoms with Crippen molar-refractivity contribution in [2.45, 2.75) is 19.3 Å². The molecule has 1 aromatic carbocycles. The van der Waals surface area contributed by atoms with Gasteiger partial charge >= 0.3 is 0 Å². The van der Waals surface area contributed by atoms with Gasteiger partial charge in [0.2, 0.25) is 0 Å². The van der Waals surface area contributed by atoms with Crippen LogP contribution in [-0.2, 0) is 0 Å². The fourth-order valence-electron chi connectivity index (χ4n) is 2.24. The third kappa shape index (κ3) is 2.03. The molecule has 0 amide bonds. The van der Waals surface area contributed by atoms with Crippen molar-refractivity contribution in [2.24, 2.45) is 0 Å². The molecule has 1 fully saturated rings. The second-order valence-electron chi connectivity index (χ2n) is 4.06. The number of methoxy groups -OCH3 is 1. The predicted molar refractivity (Wildman–Crippen MR) is 64.4 cm³/mol. The van der Waals surface area contributed by atoms with E-state index in [0.717, 1.165) is 25.1 Å². The smallest absolute Gasteiger partial charge is 0.155 e. The number of ether oxygens (including phenoxy) is 1. The number of hydrogen-bond donors (Lipinski definition) is 0. The van der Waals surface area contributed by atoms with Gasteiger partial charge in [-0.25, -0.2) is 0 Å². The summed E-state index contributed by atoms with van der Waals surface area (Å²) in [7, 11) is 1.60. The minimum absolute atomic E-state index is 0.665. The Labute approximate surface area is 96.0 Å². The van der Waals surface area contributed by atoms with E-state index < -0.39 is 0 Å². The Bertz CT molecular complexity index is 370. The summed E-state index contributed by atoms with van der Waals surface area (Å²) >= 11 is 0. The van der Waals surface area contributed by atoms with Crippen LogP contribution in [0.25, 0.3) is 0 Å². The number of piperidine rings is 1. The molecule has 0 spiro atoms. The van der Waals surface area contributed by atoms with Crippen molar-refractivity contribution >= 4 is 12.0 Å². The molecule has 0 aliphatic carbocycles. The monoisotopic (exact) mass is 219 g/mol. The van der Waals surface area contributed by atoms with Crippen LogP contribution in [0.1, 0.15) is 29.6 Å². The molecule has 0 radical (unpaired) electrons. The van der Waals surface area contributed by atoms with Crippen molar-refractivity contribution in [3.63, 3.8) is 0 Å². The van der Waals surface area contributed by atoms with Crippen LogP contribution in [0.3, 0.4) is 0 Å². The Kier molecular flexibility index (Phi) is 3.44. The molecule has 0 aromatic heterocycles.